The van der Waals surface area contributed by atoms with Crippen molar-refractivity contribution in [3.63, 3.8) is 0 Å². The molecule has 0 nitrogen and oxygen atoms in total. The number of aryl methyl sites for hydroxylation is 2. The van der Waals surface area contributed by atoms with E-state index in [0.29, 0.717) is 0 Å². The molecule has 1 radical (unpaired) electrons. The third-order valence-corrected chi connectivity index (χ3v) is 3.18. The topological polar surface area (TPSA) is 0 Å². The first-order valence-electron chi connectivity index (χ1n) is 6.98. The molecular weight excluding hydrogens is 204 g/mol. The third kappa shape index (κ3) is 6.31. The fourth-order valence-electron chi connectivity index (χ4n) is 2.02. The number of hydrogen-bond donors (Lipinski definition) is 0. The highest BCUT2D eigenvalue weighted by Crippen LogP contribution is 2.11. The third-order valence-electron chi connectivity index (χ3n) is 3.18. The van der Waals surface area contributed by atoms with Crippen LogP contribution in [-0.4, -0.2) is 0 Å². The van der Waals surface area contributed by atoms with Gasteiger partial charge in [0, 0.05) is 0 Å². The van der Waals surface area contributed by atoms with E-state index in [1.165, 1.54) is 56.1 Å². The van der Waals surface area contributed by atoms with Crippen LogP contribution in [0.1, 0.15) is 56.6 Å². The van der Waals surface area contributed by atoms with Gasteiger partial charge in [0.15, 0.2) is 0 Å². The van der Waals surface area contributed by atoms with Crippen LogP contribution in [0.4, 0.5) is 0 Å². The standard InChI is InChI=1S/C17H25/c1-3-5-7-8-9-11-17-14-12-16(13-15-17)10-6-4-2/h1,3,12-15H,4-11H2,2H3. The number of hydrogen-bond acceptors (Lipinski definition) is 0. The molecule has 0 fully saturated rings. The van der Waals surface area contributed by atoms with E-state index < -0.39 is 0 Å². The highest BCUT2D eigenvalue weighted by Gasteiger charge is 1.95. The molecule has 0 heteroatoms. The summed E-state index contributed by atoms with van der Waals surface area (Å²) in [6.07, 6.45) is 11.6. The van der Waals surface area contributed by atoms with E-state index in [1.54, 1.807) is 6.08 Å². The Morgan fingerprint density at radius 2 is 1.47 bits per heavy atom. The summed E-state index contributed by atoms with van der Waals surface area (Å²) in [5.41, 5.74) is 2.95. The molecule has 0 saturated carbocycles. The zero-order valence-electron chi connectivity index (χ0n) is 11.1. The largest absolute Gasteiger partial charge is 0.0845 e. The van der Waals surface area contributed by atoms with Crippen molar-refractivity contribution in [3.8, 4) is 0 Å². The lowest BCUT2D eigenvalue weighted by atomic mass is 10.0. The number of rotatable bonds is 9. The van der Waals surface area contributed by atoms with E-state index in [1.807, 2.05) is 0 Å². The molecular formula is C17H25. The van der Waals surface area contributed by atoms with Crippen LogP contribution < -0.4 is 0 Å². The summed E-state index contributed by atoms with van der Waals surface area (Å²) < 4.78 is 0. The van der Waals surface area contributed by atoms with Crippen molar-refractivity contribution in [1.82, 2.24) is 0 Å². The molecule has 0 saturated heterocycles. The normalized spacial score (nSPS) is 10.4. The maximum absolute atomic E-state index is 5.35. The number of benzene rings is 1. The summed E-state index contributed by atoms with van der Waals surface area (Å²) in [4.78, 5) is 0. The summed E-state index contributed by atoms with van der Waals surface area (Å²) >= 11 is 0. The summed E-state index contributed by atoms with van der Waals surface area (Å²) in [5.74, 6) is 0. The fraction of sp³-hybridized carbons (Fsp3) is 0.529. The van der Waals surface area contributed by atoms with Gasteiger partial charge in [-0.1, -0.05) is 56.7 Å². The minimum absolute atomic E-state index is 1.05. The average molecular weight is 229 g/mol. The molecule has 0 unspecified atom stereocenters. The molecule has 0 aliphatic carbocycles. The van der Waals surface area contributed by atoms with Crippen LogP contribution in [-0.2, 0) is 12.8 Å². The minimum atomic E-state index is 1.05. The summed E-state index contributed by atoms with van der Waals surface area (Å²) in [6, 6.07) is 9.16. The number of unbranched alkanes of at least 4 members (excludes halogenated alkanes) is 4. The van der Waals surface area contributed by atoms with E-state index in [9.17, 15) is 0 Å². The Hall–Kier alpha value is -1.04. The predicted octanol–water partition coefficient (Wildman–Crippen LogP) is 5.12. The molecule has 0 bridgehead atoms. The second kappa shape index (κ2) is 9.04. The van der Waals surface area contributed by atoms with Gasteiger partial charge >= 0.3 is 0 Å². The zero-order valence-corrected chi connectivity index (χ0v) is 11.1. The van der Waals surface area contributed by atoms with Gasteiger partial charge in [-0.25, -0.2) is 0 Å². The molecule has 17 heavy (non-hydrogen) atoms. The maximum atomic E-state index is 5.35. The van der Waals surface area contributed by atoms with Gasteiger partial charge in [-0.05, 0) is 49.7 Å². The van der Waals surface area contributed by atoms with Crippen molar-refractivity contribution in [1.29, 1.82) is 0 Å². The molecule has 1 rings (SSSR count). The van der Waals surface area contributed by atoms with Gasteiger partial charge in [-0.15, -0.1) is 0 Å². The van der Waals surface area contributed by atoms with Gasteiger partial charge in [-0.3, -0.25) is 0 Å². The van der Waals surface area contributed by atoms with Crippen LogP contribution in [0.15, 0.2) is 30.3 Å². The first-order chi connectivity index (χ1) is 8.36. The molecule has 0 amide bonds. The summed E-state index contributed by atoms with van der Waals surface area (Å²) in [5, 5.41) is 0. The first kappa shape index (κ1) is 14.0. The van der Waals surface area contributed by atoms with Crippen molar-refractivity contribution in [2.24, 2.45) is 0 Å². The van der Waals surface area contributed by atoms with Gasteiger partial charge < -0.3 is 0 Å². The van der Waals surface area contributed by atoms with Crippen molar-refractivity contribution >= 4 is 0 Å². The maximum Gasteiger partial charge on any atom is -0.0279 e. The molecule has 0 aliphatic heterocycles. The Kier molecular flexibility index (Phi) is 7.46. The Labute approximate surface area is 107 Å². The molecule has 0 aliphatic rings. The lowest BCUT2D eigenvalue weighted by molar-refractivity contribution is 0.687. The second-order valence-corrected chi connectivity index (χ2v) is 4.76. The molecule has 0 aromatic heterocycles. The summed E-state index contributed by atoms with van der Waals surface area (Å²) in [7, 11) is 0. The van der Waals surface area contributed by atoms with Crippen LogP contribution in [0.5, 0.6) is 0 Å². The molecule has 0 N–H and O–H groups in total. The quantitative estimate of drug-likeness (QED) is 0.515. The Morgan fingerprint density at radius 3 is 2.00 bits per heavy atom. The van der Waals surface area contributed by atoms with E-state index >= 15 is 0 Å². The van der Waals surface area contributed by atoms with Crippen LogP contribution in [0.3, 0.4) is 0 Å². The van der Waals surface area contributed by atoms with Gasteiger partial charge in [0.2, 0.25) is 0 Å². The fourth-order valence-corrected chi connectivity index (χ4v) is 2.02. The van der Waals surface area contributed by atoms with Gasteiger partial charge in [0.1, 0.15) is 0 Å². The lowest BCUT2D eigenvalue weighted by Gasteiger charge is -2.04. The monoisotopic (exact) mass is 229 g/mol. The lowest BCUT2D eigenvalue weighted by Crippen LogP contribution is -1.88. The number of allylic oxidation sites excluding steroid dienone is 1. The van der Waals surface area contributed by atoms with Crippen molar-refractivity contribution in [2.75, 3.05) is 0 Å². The van der Waals surface area contributed by atoms with Crippen LogP contribution in [0.2, 0.25) is 0 Å². The van der Waals surface area contributed by atoms with E-state index in [0.717, 1.165) is 6.42 Å². The molecule has 0 heterocycles. The van der Waals surface area contributed by atoms with E-state index in [-0.39, 0.29) is 0 Å². The SMILES string of the molecule is [CH]=CCCCCCc1ccc(CCCC)cc1. The van der Waals surface area contributed by atoms with Gasteiger partial charge in [-0.2, -0.15) is 0 Å². The smallest absolute Gasteiger partial charge is 0.0279 e. The zero-order chi connectivity index (χ0) is 12.3. The van der Waals surface area contributed by atoms with E-state index in [2.05, 4.69) is 31.2 Å². The van der Waals surface area contributed by atoms with Crippen molar-refractivity contribution in [3.05, 3.63) is 48.0 Å². The van der Waals surface area contributed by atoms with Gasteiger partial charge in [0.05, 0.1) is 0 Å². The Bertz CT molecular complexity index is 294. The molecule has 1 aromatic carbocycles. The van der Waals surface area contributed by atoms with Crippen LogP contribution >= 0.6 is 0 Å². The van der Waals surface area contributed by atoms with Gasteiger partial charge in [0.25, 0.3) is 0 Å². The van der Waals surface area contributed by atoms with Crippen LogP contribution in [0.25, 0.3) is 0 Å². The second-order valence-electron chi connectivity index (χ2n) is 4.76. The van der Waals surface area contributed by atoms with E-state index in [4.69, 9.17) is 6.58 Å². The Morgan fingerprint density at radius 1 is 0.882 bits per heavy atom. The average Bonchev–Trinajstić information content (AvgIpc) is 2.37. The molecule has 93 valence electrons. The molecule has 0 spiro atoms. The van der Waals surface area contributed by atoms with Crippen molar-refractivity contribution in [2.45, 2.75) is 58.3 Å². The van der Waals surface area contributed by atoms with Crippen LogP contribution in [0, 0.1) is 6.58 Å². The summed E-state index contributed by atoms with van der Waals surface area (Å²) in [6.45, 7) is 7.60. The molecule has 0 atom stereocenters. The molecule has 1 aromatic rings. The highest BCUT2D eigenvalue weighted by atomic mass is 14.0. The Balaban J connectivity index is 2.23. The predicted molar refractivity (Wildman–Crippen MR) is 76.1 cm³/mol. The highest BCUT2D eigenvalue weighted by molar-refractivity contribution is 5.22. The first-order valence-corrected chi connectivity index (χ1v) is 6.98. The minimum Gasteiger partial charge on any atom is -0.0845 e. The van der Waals surface area contributed by atoms with Crippen molar-refractivity contribution < 1.29 is 0 Å².